The van der Waals surface area contributed by atoms with Crippen LogP contribution in [0.2, 0.25) is 5.02 Å². The molecule has 1 atom stereocenters. The molecule has 0 aliphatic rings. The van der Waals surface area contributed by atoms with E-state index in [2.05, 4.69) is 6.58 Å². The molecule has 3 heteroatoms. The summed E-state index contributed by atoms with van der Waals surface area (Å²) in [5, 5.41) is 0.414. The molecule has 0 aliphatic heterocycles. The fourth-order valence-corrected chi connectivity index (χ4v) is 1.27. The van der Waals surface area contributed by atoms with Gasteiger partial charge in [-0.2, -0.15) is 0 Å². The van der Waals surface area contributed by atoms with Crippen molar-refractivity contribution >= 4 is 11.6 Å². The van der Waals surface area contributed by atoms with Gasteiger partial charge in [0.15, 0.2) is 0 Å². The smallest absolute Gasteiger partial charge is 0.124 e. The van der Waals surface area contributed by atoms with E-state index in [-0.39, 0.29) is 11.9 Å². The molecule has 1 aromatic carbocycles. The fraction of sp³-hybridized carbons (Fsp3) is 0.200. The third-order valence-electron chi connectivity index (χ3n) is 1.77. The molecule has 0 bridgehead atoms. The number of hydrogen-bond acceptors (Lipinski definition) is 1. The summed E-state index contributed by atoms with van der Waals surface area (Å²) < 4.78 is 12.6. The maximum absolute atomic E-state index is 12.6. The van der Waals surface area contributed by atoms with Gasteiger partial charge in [0.05, 0.1) is 0 Å². The molecular weight excluding hydrogens is 189 g/mol. The summed E-state index contributed by atoms with van der Waals surface area (Å²) >= 11 is 5.80. The van der Waals surface area contributed by atoms with Crippen molar-refractivity contribution in [2.45, 2.75) is 12.5 Å². The molecule has 0 amide bonds. The van der Waals surface area contributed by atoms with Crippen molar-refractivity contribution in [2.24, 2.45) is 5.73 Å². The van der Waals surface area contributed by atoms with Gasteiger partial charge in [0, 0.05) is 11.1 Å². The number of rotatable bonds is 3. The number of benzene rings is 1. The highest BCUT2D eigenvalue weighted by molar-refractivity contribution is 6.31. The molecule has 1 aromatic rings. The van der Waals surface area contributed by atoms with Crippen LogP contribution >= 0.6 is 11.6 Å². The highest BCUT2D eigenvalue weighted by Gasteiger charge is 2.04. The average molecular weight is 200 g/mol. The molecule has 70 valence electrons. The topological polar surface area (TPSA) is 26.0 Å². The second kappa shape index (κ2) is 4.40. The van der Waals surface area contributed by atoms with Crippen LogP contribution in [-0.4, -0.2) is 6.04 Å². The minimum atomic E-state index is -0.332. The van der Waals surface area contributed by atoms with Crippen LogP contribution in [0.4, 0.5) is 4.39 Å². The van der Waals surface area contributed by atoms with E-state index in [0.29, 0.717) is 11.4 Å². The molecule has 0 fully saturated rings. The van der Waals surface area contributed by atoms with Gasteiger partial charge in [-0.15, -0.1) is 6.58 Å². The van der Waals surface area contributed by atoms with E-state index >= 15 is 0 Å². The van der Waals surface area contributed by atoms with Crippen LogP contribution in [0.3, 0.4) is 0 Å². The van der Waals surface area contributed by atoms with Crippen LogP contribution < -0.4 is 5.73 Å². The molecule has 0 aliphatic carbocycles. The van der Waals surface area contributed by atoms with Crippen molar-refractivity contribution in [1.29, 1.82) is 0 Å². The largest absolute Gasteiger partial charge is 0.324 e. The molecule has 0 aromatic heterocycles. The second-order valence-corrected chi connectivity index (χ2v) is 3.25. The molecule has 0 saturated carbocycles. The lowest BCUT2D eigenvalue weighted by Gasteiger charge is -2.07. The Morgan fingerprint density at radius 2 is 2.31 bits per heavy atom. The monoisotopic (exact) mass is 199 g/mol. The Labute approximate surface area is 82.0 Å². The van der Waals surface area contributed by atoms with Crippen molar-refractivity contribution in [3.63, 3.8) is 0 Å². The molecule has 0 saturated heterocycles. The van der Waals surface area contributed by atoms with E-state index in [1.807, 2.05) is 0 Å². The minimum absolute atomic E-state index is 0.136. The molecule has 1 unspecified atom stereocenters. The van der Waals surface area contributed by atoms with E-state index in [1.165, 1.54) is 12.1 Å². The Kier molecular flexibility index (Phi) is 3.46. The lowest BCUT2D eigenvalue weighted by atomic mass is 10.1. The fourth-order valence-electron chi connectivity index (χ4n) is 1.02. The number of nitrogens with two attached hydrogens (primary N) is 1. The Bertz CT molecular complexity index is 312. The van der Waals surface area contributed by atoms with Crippen LogP contribution in [0, 0.1) is 5.82 Å². The summed E-state index contributed by atoms with van der Waals surface area (Å²) in [6.07, 6.45) is 2.22. The van der Waals surface area contributed by atoms with Gasteiger partial charge in [-0.05, 0) is 24.1 Å². The normalized spacial score (nSPS) is 12.5. The van der Waals surface area contributed by atoms with Gasteiger partial charge in [0.2, 0.25) is 0 Å². The van der Waals surface area contributed by atoms with Gasteiger partial charge >= 0.3 is 0 Å². The summed E-state index contributed by atoms with van der Waals surface area (Å²) in [4.78, 5) is 0. The first-order chi connectivity index (χ1) is 6.13. The summed E-state index contributed by atoms with van der Waals surface area (Å²) in [6.45, 7) is 3.56. The molecule has 0 spiro atoms. The number of halogens is 2. The van der Waals surface area contributed by atoms with Crippen molar-refractivity contribution in [2.75, 3.05) is 0 Å². The number of hydrogen-bond donors (Lipinski definition) is 1. The Balaban J connectivity index is 2.83. The van der Waals surface area contributed by atoms with Crippen LogP contribution in [-0.2, 0) is 6.42 Å². The van der Waals surface area contributed by atoms with E-state index in [1.54, 1.807) is 12.1 Å². The van der Waals surface area contributed by atoms with Crippen molar-refractivity contribution in [3.8, 4) is 0 Å². The first kappa shape index (κ1) is 10.2. The highest BCUT2D eigenvalue weighted by Crippen LogP contribution is 2.18. The summed E-state index contributed by atoms with van der Waals surface area (Å²) in [5.41, 5.74) is 6.48. The maximum Gasteiger partial charge on any atom is 0.124 e. The SMILES string of the molecule is C=CC(N)Cc1ccc(F)cc1Cl. The summed E-state index contributed by atoms with van der Waals surface area (Å²) in [6, 6.07) is 4.16. The minimum Gasteiger partial charge on any atom is -0.324 e. The van der Waals surface area contributed by atoms with Crippen LogP contribution in [0.25, 0.3) is 0 Å². The molecule has 1 nitrogen and oxygen atoms in total. The third kappa shape index (κ3) is 2.83. The molecule has 13 heavy (non-hydrogen) atoms. The Morgan fingerprint density at radius 1 is 1.62 bits per heavy atom. The molecular formula is C10H11ClFN. The summed E-state index contributed by atoms with van der Waals surface area (Å²) in [7, 11) is 0. The highest BCUT2D eigenvalue weighted by atomic mass is 35.5. The average Bonchev–Trinajstić information content (AvgIpc) is 2.09. The zero-order valence-electron chi connectivity index (χ0n) is 7.13. The summed E-state index contributed by atoms with van der Waals surface area (Å²) in [5.74, 6) is -0.332. The van der Waals surface area contributed by atoms with Crippen LogP contribution in [0.1, 0.15) is 5.56 Å². The van der Waals surface area contributed by atoms with E-state index in [9.17, 15) is 4.39 Å². The quantitative estimate of drug-likeness (QED) is 0.744. The second-order valence-electron chi connectivity index (χ2n) is 2.84. The third-order valence-corrected chi connectivity index (χ3v) is 2.13. The predicted molar refractivity (Wildman–Crippen MR) is 53.3 cm³/mol. The first-order valence-corrected chi connectivity index (χ1v) is 4.33. The lowest BCUT2D eigenvalue weighted by Crippen LogP contribution is -2.19. The van der Waals surface area contributed by atoms with Gasteiger partial charge in [0.1, 0.15) is 5.82 Å². The van der Waals surface area contributed by atoms with Crippen molar-refractivity contribution in [3.05, 3.63) is 47.3 Å². The standard InChI is InChI=1S/C10H11ClFN/c1-2-9(13)5-7-3-4-8(12)6-10(7)11/h2-4,6,9H,1,5,13H2. The van der Waals surface area contributed by atoms with E-state index in [4.69, 9.17) is 17.3 Å². The molecule has 2 N–H and O–H groups in total. The van der Waals surface area contributed by atoms with Crippen LogP contribution in [0.5, 0.6) is 0 Å². The first-order valence-electron chi connectivity index (χ1n) is 3.95. The molecule has 0 radical (unpaired) electrons. The van der Waals surface area contributed by atoms with Gasteiger partial charge < -0.3 is 5.73 Å². The Hall–Kier alpha value is -0.860. The maximum atomic E-state index is 12.6. The van der Waals surface area contributed by atoms with Gasteiger partial charge in [0.25, 0.3) is 0 Å². The molecule has 0 heterocycles. The van der Waals surface area contributed by atoms with E-state index < -0.39 is 0 Å². The van der Waals surface area contributed by atoms with Gasteiger partial charge in [-0.1, -0.05) is 23.7 Å². The van der Waals surface area contributed by atoms with E-state index in [0.717, 1.165) is 5.56 Å². The van der Waals surface area contributed by atoms with Gasteiger partial charge in [-0.3, -0.25) is 0 Å². The molecule has 1 rings (SSSR count). The Morgan fingerprint density at radius 3 is 2.85 bits per heavy atom. The zero-order valence-corrected chi connectivity index (χ0v) is 7.89. The van der Waals surface area contributed by atoms with Crippen molar-refractivity contribution < 1.29 is 4.39 Å². The van der Waals surface area contributed by atoms with Gasteiger partial charge in [-0.25, -0.2) is 4.39 Å². The zero-order chi connectivity index (χ0) is 9.84. The lowest BCUT2D eigenvalue weighted by molar-refractivity contribution is 0.626. The van der Waals surface area contributed by atoms with Crippen LogP contribution in [0.15, 0.2) is 30.9 Å². The van der Waals surface area contributed by atoms with Crippen molar-refractivity contribution in [1.82, 2.24) is 0 Å². The predicted octanol–water partition coefficient (Wildman–Crippen LogP) is 2.53.